The first-order valence-electron chi connectivity index (χ1n) is 4.76. The Morgan fingerprint density at radius 2 is 1.47 bits per heavy atom. The van der Waals surface area contributed by atoms with E-state index in [9.17, 15) is 0 Å². The zero-order valence-electron chi connectivity index (χ0n) is 8.67. The molecule has 0 heterocycles. The van der Waals surface area contributed by atoms with Gasteiger partial charge in [-0.3, -0.25) is 0 Å². The van der Waals surface area contributed by atoms with E-state index in [1.807, 2.05) is 0 Å². The number of rotatable bonds is 11. The number of hydrogen-bond donors (Lipinski definition) is 1. The van der Waals surface area contributed by atoms with E-state index >= 15 is 0 Å². The standard InChI is InChI=1S/C8H17N3O4/c9-11-10-1-3-13-5-7-15-8-6-14-4-2-12/h12H,1-8H2. The van der Waals surface area contributed by atoms with Crippen LogP contribution in [0.15, 0.2) is 5.11 Å². The smallest absolute Gasteiger partial charge is 0.0701 e. The van der Waals surface area contributed by atoms with Crippen LogP contribution < -0.4 is 0 Å². The molecule has 0 aromatic carbocycles. The zero-order valence-corrected chi connectivity index (χ0v) is 8.67. The van der Waals surface area contributed by atoms with Gasteiger partial charge in [0.25, 0.3) is 0 Å². The average Bonchev–Trinajstić information content (AvgIpc) is 2.26. The molecule has 0 aromatic rings. The van der Waals surface area contributed by atoms with Crippen LogP contribution in [0.4, 0.5) is 0 Å². The Balaban J connectivity index is 2.89. The highest BCUT2D eigenvalue weighted by Gasteiger charge is 1.90. The first kappa shape index (κ1) is 14.2. The Kier molecular flexibility index (Phi) is 12.4. The monoisotopic (exact) mass is 219 g/mol. The second kappa shape index (κ2) is 13.2. The molecule has 0 atom stereocenters. The first-order chi connectivity index (χ1) is 7.41. The average molecular weight is 219 g/mol. The van der Waals surface area contributed by atoms with E-state index in [1.54, 1.807) is 0 Å². The SMILES string of the molecule is [N-]=[N+]=NCCOCCOCCOCCO. The van der Waals surface area contributed by atoms with Gasteiger partial charge in [0.15, 0.2) is 0 Å². The molecule has 0 saturated heterocycles. The minimum absolute atomic E-state index is 0.0303. The molecule has 0 aliphatic rings. The normalized spacial score (nSPS) is 9.93. The van der Waals surface area contributed by atoms with Crippen molar-refractivity contribution in [1.82, 2.24) is 0 Å². The summed E-state index contributed by atoms with van der Waals surface area (Å²) in [7, 11) is 0. The summed E-state index contributed by atoms with van der Waals surface area (Å²) in [6, 6.07) is 0. The maximum Gasteiger partial charge on any atom is 0.0701 e. The minimum Gasteiger partial charge on any atom is -0.394 e. The Labute approximate surface area is 88.6 Å². The van der Waals surface area contributed by atoms with E-state index in [0.29, 0.717) is 46.2 Å². The van der Waals surface area contributed by atoms with E-state index in [1.165, 1.54) is 0 Å². The maximum absolute atomic E-state index is 8.39. The molecule has 0 unspecified atom stereocenters. The highest BCUT2D eigenvalue weighted by atomic mass is 16.5. The molecule has 1 N–H and O–H groups in total. The molecule has 0 saturated carbocycles. The van der Waals surface area contributed by atoms with Crippen molar-refractivity contribution in [3.05, 3.63) is 10.4 Å². The lowest BCUT2D eigenvalue weighted by atomic mass is 10.7. The molecule has 0 rings (SSSR count). The van der Waals surface area contributed by atoms with Crippen molar-refractivity contribution >= 4 is 0 Å². The van der Waals surface area contributed by atoms with Gasteiger partial charge in [-0.2, -0.15) is 0 Å². The number of azide groups is 1. The van der Waals surface area contributed by atoms with Gasteiger partial charge in [-0.05, 0) is 5.53 Å². The van der Waals surface area contributed by atoms with Gasteiger partial charge in [0.1, 0.15) is 0 Å². The predicted molar refractivity (Wildman–Crippen MR) is 53.6 cm³/mol. The lowest BCUT2D eigenvalue weighted by Crippen LogP contribution is -2.11. The largest absolute Gasteiger partial charge is 0.394 e. The van der Waals surface area contributed by atoms with Crippen LogP contribution in [-0.2, 0) is 14.2 Å². The van der Waals surface area contributed by atoms with Gasteiger partial charge in [0.2, 0.25) is 0 Å². The van der Waals surface area contributed by atoms with Gasteiger partial charge < -0.3 is 19.3 Å². The highest BCUT2D eigenvalue weighted by molar-refractivity contribution is 4.44. The molecule has 0 spiro atoms. The van der Waals surface area contributed by atoms with Crippen LogP contribution in [0.5, 0.6) is 0 Å². The Bertz CT molecular complexity index is 173. The van der Waals surface area contributed by atoms with Crippen LogP contribution in [0.25, 0.3) is 10.4 Å². The molecule has 0 bridgehead atoms. The van der Waals surface area contributed by atoms with Crippen LogP contribution in [0, 0.1) is 0 Å². The predicted octanol–water partition coefficient (Wildman–Crippen LogP) is 0.339. The van der Waals surface area contributed by atoms with E-state index in [0.717, 1.165) is 0 Å². The molecule has 0 amide bonds. The third-order valence-corrected chi connectivity index (χ3v) is 1.38. The van der Waals surface area contributed by atoms with E-state index in [4.69, 9.17) is 24.8 Å². The molecular weight excluding hydrogens is 202 g/mol. The summed E-state index contributed by atoms with van der Waals surface area (Å²) in [5, 5.41) is 11.7. The summed E-state index contributed by atoms with van der Waals surface area (Å²) < 4.78 is 15.2. The summed E-state index contributed by atoms with van der Waals surface area (Å²) in [6.45, 7) is 3.04. The molecule has 7 nitrogen and oxygen atoms in total. The summed E-state index contributed by atoms with van der Waals surface area (Å²) in [4.78, 5) is 2.59. The van der Waals surface area contributed by atoms with Crippen molar-refractivity contribution in [2.24, 2.45) is 5.11 Å². The number of ether oxygens (including phenoxy) is 3. The third kappa shape index (κ3) is 13.2. The molecule has 15 heavy (non-hydrogen) atoms. The molecule has 88 valence electrons. The van der Waals surface area contributed by atoms with Gasteiger partial charge in [-0.25, -0.2) is 0 Å². The van der Waals surface area contributed by atoms with Crippen LogP contribution in [0.2, 0.25) is 0 Å². The number of aliphatic hydroxyl groups is 1. The molecule has 7 heteroatoms. The summed E-state index contributed by atoms with van der Waals surface area (Å²) in [6.07, 6.45) is 0. The van der Waals surface area contributed by atoms with Crippen molar-refractivity contribution in [3.8, 4) is 0 Å². The highest BCUT2D eigenvalue weighted by Crippen LogP contribution is 1.81. The molecular formula is C8H17N3O4. The minimum atomic E-state index is 0.0303. The molecule has 0 aliphatic carbocycles. The van der Waals surface area contributed by atoms with Crippen molar-refractivity contribution in [2.75, 3.05) is 52.8 Å². The van der Waals surface area contributed by atoms with Gasteiger partial charge in [-0.1, -0.05) is 5.11 Å². The van der Waals surface area contributed by atoms with E-state index < -0.39 is 0 Å². The lowest BCUT2D eigenvalue weighted by molar-refractivity contribution is 0.00889. The van der Waals surface area contributed by atoms with Gasteiger partial charge in [0, 0.05) is 11.5 Å². The van der Waals surface area contributed by atoms with Crippen molar-refractivity contribution in [2.45, 2.75) is 0 Å². The fraction of sp³-hybridized carbons (Fsp3) is 1.00. The van der Waals surface area contributed by atoms with Crippen molar-refractivity contribution in [1.29, 1.82) is 0 Å². The second-order valence-electron chi connectivity index (χ2n) is 2.52. The van der Waals surface area contributed by atoms with Crippen molar-refractivity contribution in [3.63, 3.8) is 0 Å². The fourth-order valence-corrected chi connectivity index (χ4v) is 0.757. The molecule has 0 radical (unpaired) electrons. The van der Waals surface area contributed by atoms with Crippen LogP contribution >= 0.6 is 0 Å². The summed E-state index contributed by atoms with van der Waals surface area (Å²) in [5.41, 5.74) is 7.96. The fourth-order valence-electron chi connectivity index (χ4n) is 0.757. The quantitative estimate of drug-likeness (QED) is 0.234. The van der Waals surface area contributed by atoms with Crippen LogP contribution in [0.1, 0.15) is 0 Å². The third-order valence-electron chi connectivity index (χ3n) is 1.38. The maximum atomic E-state index is 8.39. The summed E-state index contributed by atoms with van der Waals surface area (Å²) in [5.74, 6) is 0. The van der Waals surface area contributed by atoms with E-state index in [2.05, 4.69) is 10.0 Å². The van der Waals surface area contributed by atoms with Gasteiger partial charge in [-0.15, -0.1) is 0 Å². The van der Waals surface area contributed by atoms with Gasteiger partial charge >= 0.3 is 0 Å². The first-order valence-corrected chi connectivity index (χ1v) is 4.76. The number of nitrogens with zero attached hydrogens (tertiary/aromatic N) is 3. The van der Waals surface area contributed by atoms with Crippen LogP contribution in [0.3, 0.4) is 0 Å². The summed E-state index contributed by atoms with van der Waals surface area (Å²) >= 11 is 0. The molecule has 0 fully saturated rings. The van der Waals surface area contributed by atoms with Gasteiger partial charge in [0.05, 0.1) is 46.2 Å². The lowest BCUT2D eigenvalue weighted by Gasteiger charge is -2.04. The van der Waals surface area contributed by atoms with E-state index in [-0.39, 0.29) is 6.61 Å². The topological polar surface area (TPSA) is 96.7 Å². The van der Waals surface area contributed by atoms with Crippen molar-refractivity contribution < 1.29 is 19.3 Å². The Morgan fingerprint density at radius 1 is 0.933 bits per heavy atom. The Morgan fingerprint density at radius 3 is 2.00 bits per heavy atom. The molecule has 0 aliphatic heterocycles. The zero-order chi connectivity index (χ0) is 11.2. The number of hydrogen-bond acceptors (Lipinski definition) is 5. The Hall–Kier alpha value is -0.850. The number of aliphatic hydroxyl groups excluding tert-OH is 1. The molecule has 0 aromatic heterocycles. The second-order valence-corrected chi connectivity index (χ2v) is 2.52. The van der Waals surface area contributed by atoms with Crippen LogP contribution in [-0.4, -0.2) is 57.9 Å².